The number of likely N-dealkylation sites (N-methyl/N-ethyl adjacent to an activating group) is 1. The number of aromatic nitrogens is 2. The Bertz CT molecular complexity index is 672. The molecule has 0 spiro atoms. The highest BCUT2D eigenvalue weighted by atomic mass is 19.1. The van der Waals surface area contributed by atoms with Crippen molar-refractivity contribution >= 4 is 5.97 Å². The number of imidazole rings is 1. The smallest absolute Gasteiger partial charge is 0.325 e. The molecule has 0 aliphatic rings. The van der Waals surface area contributed by atoms with Gasteiger partial charge in [0.05, 0.1) is 13.7 Å². The molecule has 2 rings (SSSR count). The summed E-state index contributed by atoms with van der Waals surface area (Å²) in [6, 6.07) is 2.79. The van der Waals surface area contributed by atoms with E-state index < -0.39 is 17.8 Å². The van der Waals surface area contributed by atoms with Crippen LogP contribution in [-0.2, 0) is 11.3 Å². The zero-order valence-electron chi connectivity index (χ0n) is 12.6. The lowest BCUT2D eigenvalue weighted by Crippen LogP contribution is -2.31. The van der Waals surface area contributed by atoms with Crippen molar-refractivity contribution in [1.82, 2.24) is 14.9 Å². The summed E-state index contributed by atoms with van der Waals surface area (Å²) < 4.78 is 18.7. The molecule has 0 amide bonds. The average molecular weight is 307 g/mol. The number of H-pyrrole nitrogens is 1. The van der Waals surface area contributed by atoms with Crippen LogP contribution < -0.4 is 4.74 Å². The molecule has 6 nitrogen and oxygen atoms in total. The van der Waals surface area contributed by atoms with Gasteiger partial charge in [0.25, 0.3) is 0 Å². The van der Waals surface area contributed by atoms with Crippen molar-refractivity contribution in [2.75, 3.05) is 14.2 Å². The molecule has 0 aliphatic heterocycles. The first kappa shape index (κ1) is 16.0. The number of aromatic amines is 1. The fraction of sp³-hybridized carbons (Fsp3) is 0.333. The largest absolute Gasteiger partial charge is 0.496 e. The lowest BCUT2D eigenvalue weighted by Gasteiger charge is -2.25. The van der Waals surface area contributed by atoms with Crippen molar-refractivity contribution in [2.45, 2.75) is 19.5 Å². The molecule has 1 unspecified atom stereocenters. The summed E-state index contributed by atoms with van der Waals surface area (Å²) in [4.78, 5) is 20.4. The minimum Gasteiger partial charge on any atom is -0.496 e. The summed E-state index contributed by atoms with van der Waals surface area (Å²) in [6.45, 7) is 2.14. The lowest BCUT2D eigenvalue weighted by molar-refractivity contribution is -0.143. The standard InChI is InChI=1S/C15H18FN3O3/c1-9-7-17-13(18-9)8-19(2)14(15(20)21)11-6-10(16)4-5-12(11)22-3/h4-7,14H,8H2,1-3H3,(H,17,18)(H,20,21). The molecule has 0 radical (unpaired) electrons. The van der Waals surface area contributed by atoms with E-state index in [-0.39, 0.29) is 12.1 Å². The first-order valence-electron chi connectivity index (χ1n) is 6.69. The number of nitrogens with zero attached hydrogens (tertiary/aromatic N) is 2. The Morgan fingerprint density at radius 3 is 2.82 bits per heavy atom. The van der Waals surface area contributed by atoms with Gasteiger partial charge in [-0.2, -0.15) is 0 Å². The second kappa shape index (κ2) is 6.57. The van der Waals surface area contributed by atoms with E-state index in [1.54, 1.807) is 18.1 Å². The number of rotatable bonds is 6. The lowest BCUT2D eigenvalue weighted by atomic mass is 10.0. The van der Waals surface area contributed by atoms with Crippen LogP contribution in [0.5, 0.6) is 5.75 Å². The van der Waals surface area contributed by atoms with E-state index >= 15 is 0 Å². The van der Waals surface area contributed by atoms with Crippen molar-refractivity contribution in [3.63, 3.8) is 0 Å². The third-order valence-corrected chi connectivity index (χ3v) is 3.32. The van der Waals surface area contributed by atoms with E-state index in [2.05, 4.69) is 9.97 Å². The Kier molecular flexibility index (Phi) is 4.77. The van der Waals surface area contributed by atoms with Crippen LogP contribution in [-0.4, -0.2) is 40.1 Å². The van der Waals surface area contributed by atoms with Crippen LogP contribution in [0.2, 0.25) is 0 Å². The van der Waals surface area contributed by atoms with Gasteiger partial charge in [-0.15, -0.1) is 0 Å². The number of aryl methyl sites for hydroxylation is 1. The Morgan fingerprint density at radius 2 is 2.27 bits per heavy atom. The summed E-state index contributed by atoms with van der Waals surface area (Å²) in [5.41, 5.74) is 1.15. The van der Waals surface area contributed by atoms with Crippen LogP contribution in [0.15, 0.2) is 24.4 Å². The maximum Gasteiger partial charge on any atom is 0.325 e. The van der Waals surface area contributed by atoms with E-state index in [0.29, 0.717) is 11.6 Å². The molecule has 1 heterocycles. The van der Waals surface area contributed by atoms with Gasteiger partial charge < -0.3 is 14.8 Å². The van der Waals surface area contributed by atoms with E-state index in [4.69, 9.17) is 4.74 Å². The first-order valence-corrected chi connectivity index (χ1v) is 6.69. The van der Waals surface area contributed by atoms with Crippen molar-refractivity contribution in [1.29, 1.82) is 0 Å². The fourth-order valence-electron chi connectivity index (χ4n) is 2.35. The summed E-state index contributed by atoms with van der Waals surface area (Å²) in [5, 5.41) is 9.54. The molecular weight excluding hydrogens is 289 g/mol. The number of methoxy groups -OCH3 is 1. The number of halogens is 1. The van der Waals surface area contributed by atoms with Crippen LogP contribution in [0.25, 0.3) is 0 Å². The third-order valence-electron chi connectivity index (χ3n) is 3.32. The second-order valence-corrected chi connectivity index (χ2v) is 5.06. The maximum atomic E-state index is 13.5. The van der Waals surface area contributed by atoms with Crippen LogP contribution in [0, 0.1) is 12.7 Å². The molecule has 1 aromatic carbocycles. The summed E-state index contributed by atoms with van der Waals surface area (Å²) in [6.07, 6.45) is 1.67. The van der Waals surface area contributed by atoms with Crippen molar-refractivity contribution in [2.24, 2.45) is 0 Å². The number of hydrogen-bond acceptors (Lipinski definition) is 4. The number of hydrogen-bond donors (Lipinski definition) is 2. The molecule has 0 bridgehead atoms. The number of ether oxygens (including phenoxy) is 1. The minimum atomic E-state index is -1.09. The predicted molar refractivity (Wildman–Crippen MR) is 78.1 cm³/mol. The molecule has 7 heteroatoms. The summed E-state index contributed by atoms with van der Waals surface area (Å²) in [5.74, 6) is -0.628. The van der Waals surface area contributed by atoms with Gasteiger partial charge >= 0.3 is 5.97 Å². The molecule has 0 fully saturated rings. The van der Waals surface area contributed by atoms with Gasteiger partial charge in [0.15, 0.2) is 0 Å². The maximum absolute atomic E-state index is 13.5. The van der Waals surface area contributed by atoms with Crippen LogP contribution in [0.3, 0.4) is 0 Å². The van der Waals surface area contributed by atoms with Crippen LogP contribution in [0.1, 0.15) is 23.1 Å². The fourth-order valence-corrected chi connectivity index (χ4v) is 2.35. The predicted octanol–water partition coefficient (Wildman–Crippen LogP) is 2.12. The highest BCUT2D eigenvalue weighted by molar-refractivity contribution is 5.76. The normalized spacial score (nSPS) is 12.4. The quantitative estimate of drug-likeness (QED) is 0.854. The Hall–Kier alpha value is -2.41. The second-order valence-electron chi connectivity index (χ2n) is 5.06. The van der Waals surface area contributed by atoms with E-state index in [0.717, 1.165) is 5.69 Å². The zero-order valence-corrected chi connectivity index (χ0v) is 12.6. The molecule has 0 aliphatic carbocycles. The number of carboxylic acid groups (broad SMARTS) is 1. The number of carboxylic acids is 1. The van der Waals surface area contributed by atoms with Crippen molar-refractivity contribution in [3.8, 4) is 5.75 Å². The van der Waals surface area contributed by atoms with Gasteiger partial charge in [-0.25, -0.2) is 9.37 Å². The van der Waals surface area contributed by atoms with Gasteiger partial charge in [-0.3, -0.25) is 9.69 Å². The van der Waals surface area contributed by atoms with Gasteiger partial charge in [0, 0.05) is 17.5 Å². The topological polar surface area (TPSA) is 78.5 Å². The minimum absolute atomic E-state index is 0.265. The molecule has 1 atom stereocenters. The Morgan fingerprint density at radius 1 is 1.55 bits per heavy atom. The monoisotopic (exact) mass is 307 g/mol. The van der Waals surface area contributed by atoms with Crippen molar-refractivity contribution in [3.05, 3.63) is 47.3 Å². The number of benzene rings is 1. The highest BCUT2D eigenvalue weighted by Crippen LogP contribution is 2.30. The summed E-state index contributed by atoms with van der Waals surface area (Å²) >= 11 is 0. The van der Waals surface area contributed by atoms with Gasteiger partial charge in [-0.1, -0.05) is 0 Å². The Balaban J connectivity index is 2.33. The van der Waals surface area contributed by atoms with Gasteiger partial charge in [-0.05, 0) is 32.2 Å². The highest BCUT2D eigenvalue weighted by Gasteiger charge is 2.28. The number of nitrogens with one attached hydrogen (secondary N) is 1. The molecule has 1 aromatic heterocycles. The molecule has 118 valence electrons. The average Bonchev–Trinajstić information content (AvgIpc) is 2.84. The molecule has 0 saturated carbocycles. The van der Waals surface area contributed by atoms with Gasteiger partial charge in [0.2, 0.25) is 0 Å². The molecular formula is C15H18FN3O3. The van der Waals surface area contributed by atoms with Gasteiger partial charge in [0.1, 0.15) is 23.4 Å². The first-order chi connectivity index (χ1) is 10.4. The van der Waals surface area contributed by atoms with Crippen molar-refractivity contribution < 1.29 is 19.0 Å². The molecule has 2 N–H and O–H groups in total. The zero-order chi connectivity index (χ0) is 16.3. The number of carbonyl (C=O) groups is 1. The van der Waals surface area contributed by atoms with Crippen LogP contribution >= 0.6 is 0 Å². The number of aliphatic carboxylic acids is 1. The van der Waals surface area contributed by atoms with E-state index in [9.17, 15) is 14.3 Å². The van der Waals surface area contributed by atoms with Crippen LogP contribution in [0.4, 0.5) is 4.39 Å². The SMILES string of the molecule is COc1ccc(F)cc1C(C(=O)O)N(C)Cc1ncc(C)[nH]1. The molecule has 22 heavy (non-hydrogen) atoms. The summed E-state index contributed by atoms with van der Waals surface area (Å²) in [7, 11) is 3.06. The Labute approximate surface area is 127 Å². The molecule has 0 saturated heterocycles. The van der Waals surface area contributed by atoms with E-state index in [1.807, 2.05) is 6.92 Å². The molecule has 2 aromatic rings. The van der Waals surface area contributed by atoms with E-state index in [1.165, 1.54) is 25.3 Å². The third kappa shape index (κ3) is 3.43.